The second kappa shape index (κ2) is 8.50. The summed E-state index contributed by atoms with van der Waals surface area (Å²) in [6.45, 7) is 0. The van der Waals surface area contributed by atoms with Crippen LogP contribution in [0.1, 0.15) is 22.6 Å². The topological polar surface area (TPSA) is 63.2 Å². The van der Waals surface area contributed by atoms with Crippen molar-refractivity contribution in [3.05, 3.63) is 102 Å². The highest BCUT2D eigenvalue weighted by atomic mass is 79.9. The van der Waals surface area contributed by atoms with Crippen LogP contribution in [0.25, 0.3) is 0 Å². The molecule has 0 bridgehead atoms. The molecule has 6 heteroatoms. The molecule has 0 heterocycles. The van der Waals surface area contributed by atoms with E-state index >= 15 is 0 Å². The number of nitrogens with one attached hydrogen (secondary N) is 1. The third-order valence-corrected chi connectivity index (χ3v) is 6.16. The molecule has 0 aliphatic carbocycles. The second-order valence-electron chi connectivity index (χ2n) is 6.00. The van der Waals surface area contributed by atoms with E-state index in [0.29, 0.717) is 5.33 Å². The Morgan fingerprint density at radius 1 is 0.815 bits per heavy atom. The number of carbonyl (C=O) groups is 1. The van der Waals surface area contributed by atoms with Crippen LogP contribution in [0.4, 0.5) is 0 Å². The molecule has 0 saturated heterocycles. The van der Waals surface area contributed by atoms with Crippen molar-refractivity contribution in [3.63, 3.8) is 0 Å². The molecule has 0 aliphatic heterocycles. The molecule has 3 aromatic carbocycles. The Morgan fingerprint density at radius 3 is 1.74 bits per heavy atom. The number of rotatable bonds is 6. The molecule has 0 atom stereocenters. The summed E-state index contributed by atoms with van der Waals surface area (Å²) in [5.74, 6) is -1.30. The van der Waals surface area contributed by atoms with Crippen LogP contribution in [0, 0.1) is 0 Å². The Bertz CT molecular complexity index is 965. The zero-order valence-corrected chi connectivity index (χ0v) is 16.8. The second-order valence-corrected chi connectivity index (χ2v) is 8.24. The van der Waals surface area contributed by atoms with E-state index in [1.807, 2.05) is 60.7 Å². The van der Waals surface area contributed by atoms with Gasteiger partial charge in [0.15, 0.2) is 0 Å². The van der Waals surface area contributed by atoms with Crippen molar-refractivity contribution < 1.29 is 13.2 Å². The maximum atomic E-state index is 13.0. The first-order valence-corrected chi connectivity index (χ1v) is 10.9. The van der Waals surface area contributed by atoms with E-state index in [4.69, 9.17) is 0 Å². The lowest BCUT2D eigenvalue weighted by molar-refractivity contribution is -0.119. The Kier molecular flexibility index (Phi) is 6.08. The molecule has 0 aliphatic rings. The number of alkyl halides is 1. The lowest BCUT2D eigenvalue weighted by atomic mass is 9.91. The van der Waals surface area contributed by atoms with Gasteiger partial charge in [-0.2, -0.15) is 0 Å². The quantitative estimate of drug-likeness (QED) is 0.580. The summed E-state index contributed by atoms with van der Waals surface area (Å²) in [6, 6.07) is 24.7. The molecule has 1 N–H and O–H groups in total. The highest BCUT2D eigenvalue weighted by Crippen LogP contribution is 2.25. The molecule has 1 amide bonds. The molecule has 0 spiro atoms. The number of sulfonamides is 1. The standard InChI is InChI=1S/C21H18BrNO3S/c22-15-16-11-13-19(14-12-16)27(25,26)23-21(24)20(17-7-3-1-4-8-17)18-9-5-2-6-10-18/h1-14,20H,15H2,(H,23,24). The minimum Gasteiger partial charge on any atom is -0.273 e. The number of hydrogen-bond donors (Lipinski definition) is 1. The van der Waals surface area contributed by atoms with Gasteiger partial charge >= 0.3 is 0 Å². The van der Waals surface area contributed by atoms with Gasteiger partial charge in [0.05, 0.1) is 10.8 Å². The third-order valence-electron chi connectivity index (χ3n) is 4.15. The number of halogens is 1. The monoisotopic (exact) mass is 443 g/mol. The first kappa shape index (κ1) is 19.3. The van der Waals surface area contributed by atoms with Gasteiger partial charge in [-0.05, 0) is 28.8 Å². The largest absolute Gasteiger partial charge is 0.273 e. The van der Waals surface area contributed by atoms with Crippen molar-refractivity contribution in [2.24, 2.45) is 0 Å². The van der Waals surface area contributed by atoms with E-state index in [2.05, 4.69) is 20.7 Å². The zero-order valence-electron chi connectivity index (χ0n) is 14.4. The number of carbonyl (C=O) groups excluding carboxylic acids is 1. The molecule has 0 unspecified atom stereocenters. The van der Waals surface area contributed by atoms with Crippen LogP contribution in [0.3, 0.4) is 0 Å². The SMILES string of the molecule is O=C(NS(=O)(=O)c1ccc(CBr)cc1)C(c1ccccc1)c1ccccc1. The average Bonchev–Trinajstić information content (AvgIpc) is 2.69. The Balaban J connectivity index is 1.92. The van der Waals surface area contributed by atoms with Gasteiger partial charge in [0.1, 0.15) is 0 Å². The van der Waals surface area contributed by atoms with Crippen LogP contribution < -0.4 is 4.72 Å². The van der Waals surface area contributed by atoms with Gasteiger partial charge in [0.25, 0.3) is 10.0 Å². The molecule has 0 aromatic heterocycles. The van der Waals surface area contributed by atoms with E-state index < -0.39 is 21.8 Å². The average molecular weight is 444 g/mol. The molecule has 0 radical (unpaired) electrons. The summed E-state index contributed by atoms with van der Waals surface area (Å²) >= 11 is 3.32. The van der Waals surface area contributed by atoms with Crippen molar-refractivity contribution in [2.75, 3.05) is 0 Å². The predicted molar refractivity (Wildman–Crippen MR) is 109 cm³/mol. The fourth-order valence-electron chi connectivity index (χ4n) is 2.79. The van der Waals surface area contributed by atoms with Gasteiger partial charge < -0.3 is 0 Å². The predicted octanol–water partition coefficient (Wildman–Crippen LogP) is 4.22. The Morgan fingerprint density at radius 2 is 1.30 bits per heavy atom. The Labute approximate surface area is 167 Å². The fraction of sp³-hybridized carbons (Fsp3) is 0.0952. The van der Waals surface area contributed by atoms with Gasteiger partial charge in [-0.3, -0.25) is 4.79 Å². The molecule has 3 rings (SSSR count). The minimum atomic E-state index is -3.96. The van der Waals surface area contributed by atoms with Crippen molar-refractivity contribution in [1.29, 1.82) is 0 Å². The Hall–Kier alpha value is -2.44. The summed E-state index contributed by atoms with van der Waals surface area (Å²) in [5.41, 5.74) is 2.41. The van der Waals surface area contributed by atoms with Crippen LogP contribution in [0.15, 0.2) is 89.8 Å². The van der Waals surface area contributed by atoms with Crippen molar-refractivity contribution in [3.8, 4) is 0 Å². The molecular formula is C21H18BrNO3S. The zero-order chi connectivity index (χ0) is 19.3. The minimum absolute atomic E-state index is 0.0559. The summed E-state index contributed by atoms with van der Waals surface area (Å²) < 4.78 is 27.6. The van der Waals surface area contributed by atoms with Crippen molar-refractivity contribution in [2.45, 2.75) is 16.1 Å². The van der Waals surface area contributed by atoms with E-state index in [0.717, 1.165) is 16.7 Å². The van der Waals surface area contributed by atoms with Crippen LogP contribution in [-0.4, -0.2) is 14.3 Å². The van der Waals surface area contributed by atoms with E-state index in [9.17, 15) is 13.2 Å². The molecular weight excluding hydrogens is 426 g/mol. The number of hydrogen-bond acceptors (Lipinski definition) is 3. The summed E-state index contributed by atoms with van der Waals surface area (Å²) in [7, 11) is -3.96. The summed E-state index contributed by atoms with van der Waals surface area (Å²) in [6.07, 6.45) is 0. The third kappa shape index (κ3) is 4.64. The van der Waals surface area contributed by atoms with Gasteiger partial charge in [-0.1, -0.05) is 88.7 Å². The van der Waals surface area contributed by atoms with Crippen LogP contribution in [0.2, 0.25) is 0 Å². The summed E-state index contributed by atoms with van der Waals surface area (Å²) in [5, 5.41) is 0.629. The molecule has 3 aromatic rings. The smallest absolute Gasteiger partial charge is 0.264 e. The van der Waals surface area contributed by atoms with Gasteiger partial charge in [0, 0.05) is 5.33 Å². The van der Waals surface area contributed by atoms with Crippen LogP contribution in [-0.2, 0) is 20.1 Å². The maximum Gasteiger partial charge on any atom is 0.264 e. The first-order chi connectivity index (χ1) is 13.0. The molecule has 0 fully saturated rings. The summed E-state index contributed by atoms with van der Waals surface area (Å²) in [4.78, 5) is 13.0. The first-order valence-electron chi connectivity index (χ1n) is 8.33. The molecule has 138 valence electrons. The highest BCUT2D eigenvalue weighted by molar-refractivity contribution is 9.08. The van der Waals surface area contributed by atoms with E-state index in [-0.39, 0.29) is 4.90 Å². The van der Waals surface area contributed by atoms with Crippen molar-refractivity contribution >= 4 is 31.9 Å². The molecule has 27 heavy (non-hydrogen) atoms. The number of amides is 1. The fourth-order valence-corrected chi connectivity index (χ4v) is 4.16. The lowest BCUT2D eigenvalue weighted by Crippen LogP contribution is -2.35. The van der Waals surface area contributed by atoms with Crippen molar-refractivity contribution in [1.82, 2.24) is 4.72 Å². The maximum absolute atomic E-state index is 13.0. The van der Waals surface area contributed by atoms with E-state index in [1.165, 1.54) is 12.1 Å². The van der Waals surface area contributed by atoms with Gasteiger partial charge in [0.2, 0.25) is 5.91 Å². The van der Waals surface area contributed by atoms with Gasteiger partial charge in [-0.25, -0.2) is 13.1 Å². The normalized spacial score (nSPS) is 11.3. The van der Waals surface area contributed by atoms with E-state index in [1.54, 1.807) is 12.1 Å². The van der Waals surface area contributed by atoms with Crippen LogP contribution >= 0.6 is 15.9 Å². The van der Waals surface area contributed by atoms with Crippen LogP contribution in [0.5, 0.6) is 0 Å². The number of benzene rings is 3. The van der Waals surface area contributed by atoms with Gasteiger partial charge in [-0.15, -0.1) is 0 Å². The molecule has 4 nitrogen and oxygen atoms in total. The lowest BCUT2D eigenvalue weighted by Gasteiger charge is -2.18. The highest BCUT2D eigenvalue weighted by Gasteiger charge is 2.27. The molecule has 0 saturated carbocycles.